The Labute approximate surface area is 139 Å². The third-order valence-electron chi connectivity index (χ3n) is 3.19. The number of esters is 2. The van der Waals surface area contributed by atoms with Crippen molar-refractivity contribution in [3.63, 3.8) is 0 Å². The summed E-state index contributed by atoms with van der Waals surface area (Å²) < 4.78 is 14.1. The quantitative estimate of drug-likeness (QED) is 0.620. The zero-order valence-electron chi connectivity index (χ0n) is 13.0. The van der Waals surface area contributed by atoms with E-state index in [2.05, 4.69) is 9.47 Å². The largest absolute Gasteiger partial charge is 0.516 e. The number of methoxy groups -OCH3 is 1. The molecular formula is C18H16O6. The molecule has 0 saturated heterocycles. The maximum atomic E-state index is 12.1. The van der Waals surface area contributed by atoms with Crippen LogP contribution in [-0.4, -0.2) is 25.2 Å². The normalized spacial score (nSPS) is 11.2. The summed E-state index contributed by atoms with van der Waals surface area (Å²) in [4.78, 5) is 35.6. The Morgan fingerprint density at radius 1 is 0.875 bits per heavy atom. The van der Waals surface area contributed by atoms with Gasteiger partial charge < -0.3 is 14.2 Å². The van der Waals surface area contributed by atoms with Crippen molar-refractivity contribution in [2.24, 2.45) is 0 Å². The number of rotatable bonds is 5. The van der Waals surface area contributed by atoms with Gasteiger partial charge in [-0.2, -0.15) is 0 Å². The molecule has 0 N–H and O–H groups in total. The molecule has 0 spiro atoms. The number of carbonyl (C=O) groups excluding carboxylic acids is 3. The Morgan fingerprint density at radius 3 is 2.04 bits per heavy atom. The molecule has 0 saturated carbocycles. The second kappa shape index (κ2) is 8.47. The third-order valence-corrected chi connectivity index (χ3v) is 3.19. The maximum Gasteiger partial charge on any atom is 0.516 e. The molecule has 124 valence electrons. The number of benzene rings is 2. The molecule has 2 rings (SSSR count). The zero-order chi connectivity index (χ0) is 17.4. The van der Waals surface area contributed by atoms with Gasteiger partial charge in [-0.05, 0) is 11.1 Å². The van der Waals surface area contributed by atoms with Crippen molar-refractivity contribution in [2.45, 2.75) is 12.5 Å². The molecule has 0 aliphatic rings. The summed E-state index contributed by atoms with van der Waals surface area (Å²) in [5.41, 5.74) is 1.11. The standard InChI is InChI=1S/C18H16O6/c1-22-16(19)15(14-10-6-3-7-11-14)17(20)24-18(21)23-12-13-8-4-2-5-9-13/h2-11,15H,12H2,1H3. The smallest absolute Gasteiger partial charge is 0.468 e. The first kappa shape index (κ1) is 17.2. The SMILES string of the molecule is COC(=O)C(C(=O)OC(=O)OCc1ccccc1)c1ccccc1. The molecule has 2 aromatic rings. The van der Waals surface area contributed by atoms with E-state index >= 15 is 0 Å². The molecule has 0 amide bonds. The summed E-state index contributed by atoms with van der Waals surface area (Å²) in [5.74, 6) is -3.21. The maximum absolute atomic E-state index is 12.1. The van der Waals surface area contributed by atoms with Crippen LogP contribution in [0.5, 0.6) is 0 Å². The minimum absolute atomic E-state index is 0.0405. The molecule has 0 aromatic heterocycles. The third kappa shape index (κ3) is 4.67. The topological polar surface area (TPSA) is 78.9 Å². The summed E-state index contributed by atoms with van der Waals surface area (Å²) in [6, 6.07) is 17.1. The fraction of sp³-hybridized carbons (Fsp3) is 0.167. The number of hydrogen-bond donors (Lipinski definition) is 0. The number of ether oxygens (including phenoxy) is 3. The van der Waals surface area contributed by atoms with E-state index in [0.717, 1.165) is 12.7 Å². The van der Waals surface area contributed by atoms with Gasteiger partial charge in [0.2, 0.25) is 0 Å². The highest BCUT2D eigenvalue weighted by Gasteiger charge is 2.33. The first-order valence-electron chi connectivity index (χ1n) is 7.17. The van der Waals surface area contributed by atoms with Crippen molar-refractivity contribution in [3.8, 4) is 0 Å². The van der Waals surface area contributed by atoms with Crippen molar-refractivity contribution in [1.29, 1.82) is 0 Å². The summed E-state index contributed by atoms with van der Waals surface area (Å²) in [6.07, 6.45) is -1.17. The molecule has 0 aliphatic heterocycles. The molecule has 0 fully saturated rings. The van der Waals surface area contributed by atoms with Gasteiger partial charge in [-0.15, -0.1) is 0 Å². The molecule has 1 unspecified atom stereocenters. The van der Waals surface area contributed by atoms with Crippen molar-refractivity contribution in [2.75, 3.05) is 7.11 Å². The van der Waals surface area contributed by atoms with Crippen LogP contribution >= 0.6 is 0 Å². The highest BCUT2D eigenvalue weighted by Crippen LogP contribution is 2.19. The average Bonchev–Trinajstić information content (AvgIpc) is 2.61. The van der Waals surface area contributed by atoms with E-state index in [1.807, 2.05) is 6.07 Å². The van der Waals surface area contributed by atoms with Crippen molar-refractivity contribution in [1.82, 2.24) is 0 Å². The van der Waals surface area contributed by atoms with Gasteiger partial charge in [-0.1, -0.05) is 60.7 Å². The second-order valence-corrected chi connectivity index (χ2v) is 4.81. The number of hydrogen-bond acceptors (Lipinski definition) is 6. The van der Waals surface area contributed by atoms with E-state index in [1.54, 1.807) is 54.6 Å². The van der Waals surface area contributed by atoms with Crippen LogP contribution in [0.15, 0.2) is 60.7 Å². The molecule has 1 atom stereocenters. The zero-order valence-corrected chi connectivity index (χ0v) is 13.0. The van der Waals surface area contributed by atoms with Crippen LogP contribution in [0, 0.1) is 0 Å². The Hall–Kier alpha value is -3.15. The van der Waals surface area contributed by atoms with E-state index < -0.39 is 24.0 Å². The van der Waals surface area contributed by atoms with Crippen LogP contribution in [0.4, 0.5) is 4.79 Å². The van der Waals surface area contributed by atoms with E-state index in [9.17, 15) is 14.4 Å². The Balaban J connectivity index is 1.99. The molecule has 6 heteroatoms. The minimum atomic E-state index is -1.35. The van der Waals surface area contributed by atoms with Gasteiger partial charge in [-0.3, -0.25) is 9.59 Å². The van der Waals surface area contributed by atoms with Crippen LogP contribution in [-0.2, 0) is 30.4 Å². The van der Waals surface area contributed by atoms with Crippen LogP contribution < -0.4 is 0 Å². The first-order chi connectivity index (χ1) is 11.6. The predicted octanol–water partition coefficient (Wildman–Crippen LogP) is 2.82. The molecule has 6 nitrogen and oxygen atoms in total. The molecule has 0 bridgehead atoms. The minimum Gasteiger partial charge on any atom is -0.468 e. The fourth-order valence-corrected chi connectivity index (χ4v) is 2.02. The van der Waals surface area contributed by atoms with E-state index in [0.29, 0.717) is 5.56 Å². The summed E-state index contributed by atoms with van der Waals surface area (Å²) >= 11 is 0. The highest BCUT2D eigenvalue weighted by molar-refractivity contribution is 6.03. The van der Waals surface area contributed by atoms with Crippen LogP contribution in [0.1, 0.15) is 17.0 Å². The summed E-state index contributed by atoms with van der Waals surface area (Å²) in [6.45, 7) is -0.0405. The Kier molecular flexibility index (Phi) is 6.08. The van der Waals surface area contributed by atoms with Gasteiger partial charge in [-0.25, -0.2) is 4.79 Å². The van der Waals surface area contributed by atoms with E-state index in [1.165, 1.54) is 0 Å². The van der Waals surface area contributed by atoms with Gasteiger partial charge in [0.05, 0.1) is 7.11 Å². The monoisotopic (exact) mass is 328 g/mol. The summed E-state index contributed by atoms with van der Waals surface area (Å²) in [5, 5.41) is 0. The van der Waals surface area contributed by atoms with Gasteiger partial charge in [0, 0.05) is 0 Å². The van der Waals surface area contributed by atoms with Gasteiger partial charge in [0.15, 0.2) is 5.92 Å². The fourth-order valence-electron chi connectivity index (χ4n) is 2.02. The number of carbonyl (C=O) groups is 3. The van der Waals surface area contributed by atoms with E-state index in [-0.39, 0.29) is 6.61 Å². The molecule has 0 heterocycles. The highest BCUT2D eigenvalue weighted by atomic mass is 16.7. The Bertz CT molecular complexity index is 696. The molecule has 0 radical (unpaired) electrons. The molecule has 2 aromatic carbocycles. The Morgan fingerprint density at radius 2 is 1.46 bits per heavy atom. The molecular weight excluding hydrogens is 312 g/mol. The average molecular weight is 328 g/mol. The first-order valence-corrected chi connectivity index (χ1v) is 7.17. The predicted molar refractivity (Wildman–Crippen MR) is 83.9 cm³/mol. The van der Waals surface area contributed by atoms with Gasteiger partial charge in [0.25, 0.3) is 0 Å². The molecule has 24 heavy (non-hydrogen) atoms. The van der Waals surface area contributed by atoms with Gasteiger partial charge >= 0.3 is 18.1 Å². The lowest BCUT2D eigenvalue weighted by molar-refractivity contribution is -0.153. The van der Waals surface area contributed by atoms with Crippen molar-refractivity contribution < 1.29 is 28.6 Å². The van der Waals surface area contributed by atoms with Crippen LogP contribution in [0.25, 0.3) is 0 Å². The lowest BCUT2D eigenvalue weighted by Crippen LogP contribution is -2.27. The van der Waals surface area contributed by atoms with Gasteiger partial charge in [0.1, 0.15) is 6.61 Å². The van der Waals surface area contributed by atoms with Crippen molar-refractivity contribution >= 4 is 18.1 Å². The van der Waals surface area contributed by atoms with Crippen LogP contribution in [0.3, 0.4) is 0 Å². The van der Waals surface area contributed by atoms with Crippen LogP contribution in [0.2, 0.25) is 0 Å². The second-order valence-electron chi connectivity index (χ2n) is 4.81. The van der Waals surface area contributed by atoms with E-state index in [4.69, 9.17) is 4.74 Å². The lowest BCUT2D eigenvalue weighted by atomic mass is 10.00. The van der Waals surface area contributed by atoms with Crippen molar-refractivity contribution in [3.05, 3.63) is 71.8 Å². The lowest BCUT2D eigenvalue weighted by Gasteiger charge is -2.13. The molecule has 0 aliphatic carbocycles. The summed E-state index contributed by atoms with van der Waals surface area (Å²) in [7, 11) is 1.15.